The van der Waals surface area contributed by atoms with Crippen molar-refractivity contribution in [1.82, 2.24) is 4.90 Å². The minimum absolute atomic E-state index is 0.556. The Morgan fingerprint density at radius 1 is 1.29 bits per heavy atom. The van der Waals surface area contributed by atoms with Crippen LogP contribution in [0, 0.1) is 5.92 Å². The molecule has 1 saturated carbocycles. The third kappa shape index (κ3) is 3.98. The molecule has 0 bridgehead atoms. The minimum atomic E-state index is 0.556. The fourth-order valence-corrected chi connectivity index (χ4v) is 3.82. The van der Waals surface area contributed by atoms with Gasteiger partial charge in [-0.05, 0) is 62.9 Å². The number of methoxy groups -OCH3 is 1. The summed E-state index contributed by atoms with van der Waals surface area (Å²) in [6.45, 7) is 6.56. The summed E-state index contributed by atoms with van der Waals surface area (Å²) in [6, 6.07) is 9.69. The molecule has 1 aliphatic carbocycles. The molecule has 2 N–H and O–H groups in total. The van der Waals surface area contributed by atoms with Crippen molar-refractivity contribution in [2.45, 2.75) is 51.6 Å². The van der Waals surface area contributed by atoms with Crippen LogP contribution in [0.5, 0.6) is 5.75 Å². The Morgan fingerprint density at radius 3 is 2.57 bits per heavy atom. The monoisotopic (exact) mass is 290 g/mol. The van der Waals surface area contributed by atoms with Crippen molar-refractivity contribution in [2.75, 3.05) is 20.2 Å². The van der Waals surface area contributed by atoms with Crippen LogP contribution >= 0.6 is 0 Å². The third-order valence-corrected chi connectivity index (χ3v) is 4.97. The quantitative estimate of drug-likeness (QED) is 0.838. The van der Waals surface area contributed by atoms with Gasteiger partial charge in [-0.1, -0.05) is 25.5 Å². The summed E-state index contributed by atoms with van der Waals surface area (Å²) in [4.78, 5) is 2.66. The average Bonchev–Trinajstić information content (AvgIpc) is 2.97. The fourth-order valence-electron chi connectivity index (χ4n) is 3.82. The molecule has 1 aromatic rings. The molecule has 1 aromatic carbocycles. The van der Waals surface area contributed by atoms with Gasteiger partial charge in [0.25, 0.3) is 0 Å². The number of hydrogen-bond acceptors (Lipinski definition) is 3. The lowest BCUT2D eigenvalue weighted by atomic mass is 9.98. The molecule has 0 aliphatic heterocycles. The van der Waals surface area contributed by atoms with Crippen molar-refractivity contribution in [1.29, 1.82) is 0 Å². The van der Waals surface area contributed by atoms with E-state index in [1.807, 2.05) is 0 Å². The first-order valence-electron chi connectivity index (χ1n) is 8.28. The van der Waals surface area contributed by atoms with Gasteiger partial charge in [-0.3, -0.25) is 4.90 Å². The summed E-state index contributed by atoms with van der Waals surface area (Å²) in [6.07, 6.45) is 5.03. The van der Waals surface area contributed by atoms with Crippen LogP contribution in [0.25, 0.3) is 0 Å². The summed E-state index contributed by atoms with van der Waals surface area (Å²) >= 11 is 0. The second-order valence-electron chi connectivity index (χ2n) is 6.23. The molecule has 21 heavy (non-hydrogen) atoms. The zero-order valence-electron chi connectivity index (χ0n) is 13.7. The first kappa shape index (κ1) is 16.3. The Kier molecular flexibility index (Phi) is 6.07. The normalized spacial score (nSPS) is 23.5. The van der Waals surface area contributed by atoms with Crippen molar-refractivity contribution < 1.29 is 4.74 Å². The van der Waals surface area contributed by atoms with Gasteiger partial charge in [-0.2, -0.15) is 0 Å². The number of benzene rings is 1. The topological polar surface area (TPSA) is 38.5 Å². The number of nitrogens with two attached hydrogens (primary N) is 1. The molecule has 1 fully saturated rings. The van der Waals surface area contributed by atoms with E-state index >= 15 is 0 Å². The van der Waals surface area contributed by atoms with Gasteiger partial charge in [0.05, 0.1) is 7.11 Å². The first-order valence-corrected chi connectivity index (χ1v) is 8.28. The highest BCUT2D eigenvalue weighted by atomic mass is 16.5. The fraction of sp³-hybridized carbons (Fsp3) is 0.667. The van der Waals surface area contributed by atoms with Gasteiger partial charge in [0.15, 0.2) is 0 Å². The maximum absolute atomic E-state index is 5.96. The van der Waals surface area contributed by atoms with Gasteiger partial charge in [-0.15, -0.1) is 0 Å². The minimum Gasteiger partial charge on any atom is -0.497 e. The van der Waals surface area contributed by atoms with Crippen molar-refractivity contribution >= 4 is 0 Å². The number of hydrogen-bond donors (Lipinski definition) is 1. The molecule has 0 saturated heterocycles. The highest BCUT2D eigenvalue weighted by Gasteiger charge is 2.32. The molecule has 3 atom stereocenters. The molecular formula is C18H30N2O. The van der Waals surface area contributed by atoms with Gasteiger partial charge in [0.1, 0.15) is 5.75 Å². The Hall–Kier alpha value is -1.06. The van der Waals surface area contributed by atoms with E-state index in [0.29, 0.717) is 18.0 Å². The van der Waals surface area contributed by atoms with E-state index < -0.39 is 0 Å². The molecule has 0 amide bonds. The van der Waals surface area contributed by atoms with Crippen LogP contribution < -0.4 is 10.5 Å². The summed E-state index contributed by atoms with van der Waals surface area (Å²) in [5, 5.41) is 0. The van der Waals surface area contributed by atoms with Crippen molar-refractivity contribution in [3.8, 4) is 5.75 Å². The van der Waals surface area contributed by atoms with Gasteiger partial charge in [-0.25, -0.2) is 0 Å². The Labute approximate surface area is 129 Å². The third-order valence-electron chi connectivity index (χ3n) is 4.97. The molecule has 1 aliphatic rings. The van der Waals surface area contributed by atoms with Crippen LogP contribution in [0.1, 0.15) is 38.7 Å². The number of rotatable bonds is 7. The zero-order valence-corrected chi connectivity index (χ0v) is 13.7. The molecule has 0 radical (unpaired) electrons. The molecule has 118 valence electrons. The van der Waals surface area contributed by atoms with Crippen LogP contribution in [0.2, 0.25) is 0 Å². The van der Waals surface area contributed by atoms with E-state index in [9.17, 15) is 0 Å². The summed E-state index contributed by atoms with van der Waals surface area (Å²) in [5.41, 5.74) is 7.34. The maximum atomic E-state index is 5.96. The zero-order chi connectivity index (χ0) is 15.2. The highest BCUT2D eigenvalue weighted by molar-refractivity contribution is 5.27. The highest BCUT2D eigenvalue weighted by Crippen LogP contribution is 2.31. The van der Waals surface area contributed by atoms with E-state index in [2.05, 4.69) is 43.0 Å². The maximum Gasteiger partial charge on any atom is 0.118 e. The largest absolute Gasteiger partial charge is 0.497 e. The van der Waals surface area contributed by atoms with Crippen LogP contribution in [0.15, 0.2) is 24.3 Å². The molecule has 2 rings (SSSR count). The molecule has 3 nitrogen and oxygen atoms in total. The first-order chi connectivity index (χ1) is 10.2. The Balaban J connectivity index is 2.00. The summed E-state index contributed by atoms with van der Waals surface area (Å²) in [7, 11) is 1.71. The van der Waals surface area contributed by atoms with E-state index in [1.165, 1.54) is 24.8 Å². The van der Waals surface area contributed by atoms with Crippen LogP contribution in [-0.4, -0.2) is 37.2 Å². The second-order valence-corrected chi connectivity index (χ2v) is 6.23. The smallest absolute Gasteiger partial charge is 0.118 e. The average molecular weight is 290 g/mol. The summed E-state index contributed by atoms with van der Waals surface area (Å²) < 4.78 is 5.23. The second kappa shape index (κ2) is 7.81. The Morgan fingerprint density at radius 2 is 2.00 bits per heavy atom. The molecule has 3 unspecified atom stereocenters. The molecule has 3 heteroatoms. The predicted molar refractivity (Wildman–Crippen MR) is 88.7 cm³/mol. The van der Waals surface area contributed by atoms with E-state index in [4.69, 9.17) is 10.5 Å². The standard InChI is InChI=1S/C18H30N2O/c1-4-20(18-7-5-6-16(18)13-19)14(2)12-15-8-10-17(21-3)11-9-15/h8-11,14,16,18H,4-7,12-13,19H2,1-3H3. The predicted octanol–water partition coefficient (Wildman–Crippen LogP) is 3.08. The van der Waals surface area contributed by atoms with Crippen molar-refractivity contribution in [3.05, 3.63) is 29.8 Å². The van der Waals surface area contributed by atoms with Crippen LogP contribution in [0.4, 0.5) is 0 Å². The number of nitrogens with zero attached hydrogens (tertiary/aromatic N) is 1. The lowest BCUT2D eigenvalue weighted by Crippen LogP contribution is -2.46. The van der Waals surface area contributed by atoms with Gasteiger partial charge in [0, 0.05) is 12.1 Å². The number of ether oxygens (including phenoxy) is 1. The van der Waals surface area contributed by atoms with Crippen molar-refractivity contribution in [2.24, 2.45) is 11.7 Å². The number of likely N-dealkylation sites (N-methyl/N-ethyl adjacent to an activating group) is 1. The molecule has 0 spiro atoms. The molecule has 0 heterocycles. The Bertz CT molecular complexity index is 418. The van der Waals surface area contributed by atoms with E-state index in [-0.39, 0.29) is 0 Å². The molecular weight excluding hydrogens is 260 g/mol. The van der Waals surface area contributed by atoms with Gasteiger partial charge < -0.3 is 10.5 Å². The van der Waals surface area contributed by atoms with E-state index in [0.717, 1.165) is 25.3 Å². The van der Waals surface area contributed by atoms with Crippen LogP contribution in [-0.2, 0) is 6.42 Å². The van der Waals surface area contributed by atoms with Crippen molar-refractivity contribution in [3.63, 3.8) is 0 Å². The van der Waals surface area contributed by atoms with E-state index in [1.54, 1.807) is 7.11 Å². The lowest BCUT2D eigenvalue weighted by molar-refractivity contribution is 0.123. The van der Waals surface area contributed by atoms with Crippen LogP contribution in [0.3, 0.4) is 0 Å². The summed E-state index contributed by atoms with van der Waals surface area (Å²) in [5.74, 6) is 1.61. The molecule has 0 aromatic heterocycles. The SMILES string of the molecule is CCN(C(C)Cc1ccc(OC)cc1)C1CCCC1CN. The van der Waals surface area contributed by atoms with Gasteiger partial charge in [0.2, 0.25) is 0 Å². The lowest BCUT2D eigenvalue weighted by Gasteiger charge is -2.36. The van der Waals surface area contributed by atoms with Gasteiger partial charge >= 0.3 is 0 Å².